The van der Waals surface area contributed by atoms with Gasteiger partial charge < -0.3 is 14.4 Å². The summed E-state index contributed by atoms with van der Waals surface area (Å²) in [6.45, 7) is 4.91. The van der Waals surface area contributed by atoms with Crippen LogP contribution in [0.3, 0.4) is 0 Å². The van der Waals surface area contributed by atoms with Crippen molar-refractivity contribution >= 4 is 28.7 Å². The molecule has 154 valence electrons. The summed E-state index contributed by atoms with van der Waals surface area (Å²) in [4.78, 5) is 57.2. The Kier molecular flexibility index (Phi) is 5.67. The molecule has 0 spiro atoms. The Morgan fingerprint density at radius 3 is 2.28 bits per heavy atom. The minimum Gasteiger partial charge on any atom is -0.465 e. The van der Waals surface area contributed by atoms with Gasteiger partial charge in [0.25, 0.3) is 5.56 Å². The molecule has 1 aliphatic rings. The molecule has 0 saturated heterocycles. The number of ether oxygens (including phenoxy) is 2. The number of fused-ring (bicyclic) bond motifs is 2. The van der Waals surface area contributed by atoms with Crippen LogP contribution in [-0.2, 0) is 23.9 Å². The Bertz CT molecular complexity index is 1010. The van der Waals surface area contributed by atoms with E-state index < -0.39 is 41.4 Å². The van der Waals surface area contributed by atoms with Gasteiger partial charge in [0.1, 0.15) is 17.9 Å². The largest absolute Gasteiger partial charge is 0.465 e. The molecule has 1 aromatic heterocycles. The molecule has 9 heteroatoms. The quantitative estimate of drug-likeness (QED) is 0.547. The lowest BCUT2D eigenvalue weighted by atomic mass is 9.94. The molecule has 0 aliphatic carbocycles. The monoisotopic (exact) mass is 401 g/mol. The smallest absolute Gasteiger partial charge is 0.322 e. The van der Waals surface area contributed by atoms with E-state index >= 15 is 0 Å². The van der Waals surface area contributed by atoms with E-state index in [4.69, 9.17) is 9.47 Å². The fraction of sp³-hybridized carbons (Fsp3) is 0.450. The minimum atomic E-state index is -1.46. The van der Waals surface area contributed by atoms with Crippen LogP contribution < -0.4 is 5.56 Å². The van der Waals surface area contributed by atoms with Crippen LogP contribution in [-0.4, -0.2) is 52.6 Å². The van der Waals surface area contributed by atoms with Crippen molar-refractivity contribution in [1.82, 2.24) is 14.5 Å². The third-order valence-electron chi connectivity index (χ3n) is 5.01. The number of aromatic nitrogens is 2. The van der Waals surface area contributed by atoms with Crippen molar-refractivity contribution in [2.75, 3.05) is 20.3 Å². The van der Waals surface area contributed by atoms with Crippen LogP contribution in [0, 0.1) is 5.92 Å². The van der Waals surface area contributed by atoms with Crippen molar-refractivity contribution in [1.29, 1.82) is 0 Å². The Hall–Kier alpha value is -3.23. The second kappa shape index (κ2) is 8.02. The number of carbonyl (C=O) groups excluding carboxylic acids is 3. The molecular formula is C20H23N3O6. The maximum Gasteiger partial charge on any atom is 0.322 e. The van der Waals surface area contributed by atoms with Crippen LogP contribution in [0.15, 0.2) is 29.1 Å². The number of hydrogen-bond donors (Lipinski definition) is 0. The normalized spacial score (nSPS) is 18.7. The molecule has 1 aliphatic heterocycles. The molecular weight excluding hydrogens is 378 g/mol. The highest BCUT2D eigenvalue weighted by Gasteiger charge is 2.48. The predicted octanol–water partition coefficient (Wildman–Crippen LogP) is 1.21. The van der Waals surface area contributed by atoms with Gasteiger partial charge in [-0.3, -0.25) is 23.7 Å². The maximum absolute atomic E-state index is 13.1. The maximum atomic E-state index is 13.1. The number of nitrogens with zero attached hydrogens (tertiary/aromatic N) is 3. The average molecular weight is 401 g/mol. The van der Waals surface area contributed by atoms with Crippen molar-refractivity contribution in [3.63, 3.8) is 0 Å². The second-order valence-corrected chi connectivity index (χ2v) is 6.71. The van der Waals surface area contributed by atoms with E-state index in [0.29, 0.717) is 10.9 Å². The summed E-state index contributed by atoms with van der Waals surface area (Å²) in [5, 5.41) is 0.350. The first-order valence-corrected chi connectivity index (χ1v) is 9.44. The summed E-state index contributed by atoms with van der Waals surface area (Å²) in [6.07, 6.45) is 0. The van der Waals surface area contributed by atoms with Gasteiger partial charge in [0.15, 0.2) is 5.92 Å². The summed E-state index contributed by atoms with van der Waals surface area (Å²) >= 11 is 0. The zero-order valence-electron chi connectivity index (χ0n) is 16.7. The number of likely N-dealkylation sites (N-methyl/N-ethyl adjacent to an activating group) is 1. The summed E-state index contributed by atoms with van der Waals surface area (Å²) in [5.74, 6) is -3.40. The molecule has 0 radical (unpaired) electrons. The minimum absolute atomic E-state index is 0.0491. The third kappa shape index (κ3) is 3.37. The van der Waals surface area contributed by atoms with Crippen molar-refractivity contribution in [3.05, 3.63) is 40.4 Å². The van der Waals surface area contributed by atoms with Crippen LogP contribution in [0.25, 0.3) is 10.9 Å². The molecule has 2 aromatic rings. The van der Waals surface area contributed by atoms with E-state index in [1.165, 1.54) is 16.5 Å². The fourth-order valence-corrected chi connectivity index (χ4v) is 3.65. The van der Waals surface area contributed by atoms with Gasteiger partial charge in [-0.15, -0.1) is 0 Å². The molecule has 3 rings (SSSR count). The van der Waals surface area contributed by atoms with E-state index in [1.54, 1.807) is 45.0 Å². The van der Waals surface area contributed by atoms with Gasteiger partial charge in [0.2, 0.25) is 5.91 Å². The zero-order valence-corrected chi connectivity index (χ0v) is 16.7. The van der Waals surface area contributed by atoms with Gasteiger partial charge in [-0.05, 0) is 32.9 Å². The summed E-state index contributed by atoms with van der Waals surface area (Å²) in [5.41, 5.74) is 0.00573. The highest BCUT2D eigenvalue weighted by Crippen LogP contribution is 2.35. The van der Waals surface area contributed by atoms with E-state index in [0.717, 1.165) is 0 Å². The first-order valence-electron chi connectivity index (χ1n) is 9.44. The lowest BCUT2D eigenvalue weighted by Gasteiger charge is -2.39. The summed E-state index contributed by atoms with van der Waals surface area (Å²) in [7, 11) is 1.47. The molecule has 2 atom stereocenters. The lowest BCUT2D eigenvalue weighted by molar-refractivity contribution is -0.167. The van der Waals surface area contributed by atoms with Gasteiger partial charge in [-0.2, -0.15) is 0 Å². The molecule has 1 aromatic carbocycles. The van der Waals surface area contributed by atoms with Gasteiger partial charge in [0, 0.05) is 7.05 Å². The molecule has 0 bridgehead atoms. The summed E-state index contributed by atoms with van der Waals surface area (Å²) < 4.78 is 11.4. The van der Waals surface area contributed by atoms with Crippen LogP contribution in [0.4, 0.5) is 0 Å². The number of esters is 2. The molecule has 0 fully saturated rings. The van der Waals surface area contributed by atoms with Crippen molar-refractivity contribution < 1.29 is 23.9 Å². The van der Waals surface area contributed by atoms with Crippen LogP contribution in [0.5, 0.6) is 0 Å². The molecule has 0 saturated carbocycles. The van der Waals surface area contributed by atoms with Gasteiger partial charge in [-0.1, -0.05) is 12.1 Å². The van der Waals surface area contributed by atoms with Crippen LogP contribution >= 0.6 is 0 Å². The Balaban J connectivity index is 2.29. The Morgan fingerprint density at radius 1 is 1.10 bits per heavy atom. The first-order chi connectivity index (χ1) is 13.8. The van der Waals surface area contributed by atoms with E-state index in [9.17, 15) is 19.2 Å². The zero-order chi connectivity index (χ0) is 21.3. The number of rotatable bonds is 5. The van der Waals surface area contributed by atoms with Gasteiger partial charge in [-0.25, -0.2) is 4.98 Å². The number of hydrogen-bond acceptors (Lipinski definition) is 7. The number of carbonyl (C=O) groups is 3. The van der Waals surface area contributed by atoms with Crippen molar-refractivity contribution in [2.45, 2.75) is 32.9 Å². The van der Waals surface area contributed by atoms with Crippen molar-refractivity contribution in [2.24, 2.45) is 5.92 Å². The first kappa shape index (κ1) is 20.5. The Morgan fingerprint density at radius 2 is 1.69 bits per heavy atom. The van der Waals surface area contributed by atoms with Crippen LogP contribution in [0.1, 0.15) is 38.7 Å². The summed E-state index contributed by atoms with van der Waals surface area (Å²) in [6, 6.07) is 4.76. The topological polar surface area (TPSA) is 108 Å². The molecule has 2 heterocycles. The van der Waals surface area contributed by atoms with Gasteiger partial charge in [0.05, 0.1) is 24.1 Å². The number of para-hydroxylation sites is 1. The molecule has 0 unspecified atom stereocenters. The van der Waals surface area contributed by atoms with E-state index in [2.05, 4.69) is 4.98 Å². The number of amides is 1. The molecule has 1 amide bonds. The molecule has 9 nitrogen and oxygen atoms in total. The lowest BCUT2D eigenvalue weighted by Crippen LogP contribution is -2.52. The highest BCUT2D eigenvalue weighted by atomic mass is 16.6. The van der Waals surface area contributed by atoms with Crippen molar-refractivity contribution in [3.8, 4) is 0 Å². The Labute approximate surface area is 167 Å². The SMILES string of the molecule is CCOC(=O)C(C(=O)OCC)[C@H]1c2nc3ccccc3c(=O)n2[C@@H](C)C(=O)N1C. The second-order valence-electron chi connectivity index (χ2n) is 6.71. The number of benzene rings is 1. The highest BCUT2D eigenvalue weighted by molar-refractivity contribution is 5.97. The standard InChI is InChI=1S/C20H23N3O6/c1-5-28-19(26)14(20(27)29-6-2)15-16-21-13-10-8-7-9-12(13)18(25)23(16)11(3)17(24)22(15)4/h7-11,14-15H,5-6H2,1-4H3/t11-,15-/m0/s1. The van der Waals surface area contributed by atoms with Crippen LogP contribution in [0.2, 0.25) is 0 Å². The van der Waals surface area contributed by atoms with E-state index in [-0.39, 0.29) is 19.0 Å². The molecule has 29 heavy (non-hydrogen) atoms. The molecule has 0 N–H and O–H groups in total. The third-order valence-corrected chi connectivity index (χ3v) is 5.01. The predicted molar refractivity (Wildman–Crippen MR) is 103 cm³/mol. The fourth-order valence-electron chi connectivity index (χ4n) is 3.65. The average Bonchev–Trinajstić information content (AvgIpc) is 2.69. The van der Waals surface area contributed by atoms with E-state index in [1.807, 2.05) is 0 Å². The van der Waals surface area contributed by atoms with Gasteiger partial charge >= 0.3 is 11.9 Å².